The molecule has 1 rings (SSSR count). The van der Waals surface area contributed by atoms with Crippen molar-refractivity contribution in [3.63, 3.8) is 0 Å². The summed E-state index contributed by atoms with van der Waals surface area (Å²) in [5, 5.41) is 0. The minimum atomic E-state index is 0.0784. The van der Waals surface area contributed by atoms with Crippen LogP contribution in [0.25, 0.3) is 0 Å². The number of carbonyl (C=O) groups excluding carboxylic acids is 2. The molecule has 1 fully saturated rings. The second-order valence-electron chi connectivity index (χ2n) is 4.05. The quantitative estimate of drug-likeness (QED) is 0.526. The zero-order valence-corrected chi connectivity index (χ0v) is 8.82. The SMILES string of the molecule is O=C=NCC1CCCCCC(N=C=O)C1. The van der Waals surface area contributed by atoms with Gasteiger partial charge in [-0.1, -0.05) is 19.3 Å². The molecule has 0 radical (unpaired) electrons. The van der Waals surface area contributed by atoms with Crippen LogP contribution in [0.3, 0.4) is 0 Å². The molecule has 15 heavy (non-hydrogen) atoms. The van der Waals surface area contributed by atoms with E-state index in [1.165, 1.54) is 12.8 Å². The van der Waals surface area contributed by atoms with Gasteiger partial charge in [0.05, 0.1) is 12.6 Å². The smallest absolute Gasteiger partial charge is 0.211 e. The van der Waals surface area contributed by atoms with Crippen molar-refractivity contribution >= 4 is 12.2 Å². The highest BCUT2D eigenvalue weighted by atomic mass is 16.1. The molecule has 0 aromatic carbocycles. The van der Waals surface area contributed by atoms with Gasteiger partial charge in [0, 0.05) is 0 Å². The molecule has 2 atom stereocenters. The van der Waals surface area contributed by atoms with Gasteiger partial charge in [-0.15, -0.1) is 0 Å². The molecule has 0 spiro atoms. The van der Waals surface area contributed by atoms with E-state index >= 15 is 0 Å². The van der Waals surface area contributed by atoms with Gasteiger partial charge in [-0.05, 0) is 25.2 Å². The number of nitrogens with zero attached hydrogens (tertiary/aromatic N) is 2. The number of isocyanates is 2. The highest BCUT2D eigenvalue weighted by Crippen LogP contribution is 2.24. The third-order valence-corrected chi connectivity index (χ3v) is 2.90. The van der Waals surface area contributed by atoms with Crippen LogP contribution in [0.15, 0.2) is 9.98 Å². The van der Waals surface area contributed by atoms with Gasteiger partial charge in [0.25, 0.3) is 0 Å². The van der Waals surface area contributed by atoms with Crippen molar-refractivity contribution in [3.05, 3.63) is 0 Å². The summed E-state index contributed by atoms with van der Waals surface area (Å²) in [5.74, 6) is 0.369. The molecular formula is C11H16N2O2. The molecule has 82 valence electrons. The molecule has 1 aliphatic rings. The Hall–Kier alpha value is -1.24. The summed E-state index contributed by atoms with van der Waals surface area (Å²) < 4.78 is 0. The Bertz CT molecular complexity index is 278. The first kappa shape index (κ1) is 11.8. The van der Waals surface area contributed by atoms with Gasteiger partial charge in [-0.2, -0.15) is 0 Å². The van der Waals surface area contributed by atoms with E-state index < -0.39 is 0 Å². The summed E-state index contributed by atoms with van der Waals surface area (Å²) in [5.41, 5.74) is 0. The molecule has 2 unspecified atom stereocenters. The van der Waals surface area contributed by atoms with E-state index in [-0.39, 0.29) is 6.04 Å². The fraction of sp³-hybridized carbons (Fsp3) is 0.818. The van der Waals surface area contributed by atoms with E-state index in [1.54, 1.807) is 12.2 Å². The standard InChI is InChI=1S/C11H16N2O2/c14-8-12-7-10-4-2-1-3-5-11(6-10)13-9-15/h10-11H,1-7H2. The minimum absolute atomic E-state index is 0.0784. The lowest BCUT2D eigenvalue weighted by Gasteiger charge is -2.21. The van der Waals surface area contributed by atoms with E-state index in [9.17, 15) is 9.59 Å². The van der Waals surface area contributed by atoms with Crippen LogP contribution < -0.4 is 0 Å². The molecular weight excluding hydrogens is 192 g/mol. The van der Waals surface area contributed by atoms with Crippen LogP contribution in [0, 0.1) is 5.92 Å². The van der Waals surface area contributed by atoms with Crippen LogP contribution in [0.4, 0.5) is 0 Å². The summed E-state index contributed by atoms with van der Waals surface area (Å²) in [6.07, 6.45) is 9.54. The summed E-state index contributed by atoms with van der Waals surface area (Å²) in [4.78, 5) is 27.7. The first-order valence-corrected chi connectivity index (χ1v) is 5.47. The van der Waals surface area contributed by atoms with Crippen molar-refractivity contribution in [2.75, 3.05) is 6.54 Å². The Morgan fingerprint density at radius 2 is 1.87 bits per heavy atom. The molecule has 1 aliphatic carbocycles. The van der Waals surface area contributed by atoms with Crippen molar-refractivity contribution in [2.45, 2.75) is 44.6 Å². The molecule has 4 heteroatoms. The van der Waals surface area contributed by atoms with Crippen LogP contribution in [-0.2, 0) is 9.59 Å². The monoisotopic (exact) mass is 208 g/mol. The number of rotatable bonds is 3. The fourth-order valence-electron chi connectivity index (χ4n) is 2.13. The lowest BCUT2D eigenvalue weighted by molar-refractivity contribution is 0.354. The minimum Gasteiger partial charge on any atom is -0.211 e. The highest BCUT2D eigenvalue weighted by Gasteiger charge is 2.18. The molecule has 0 heterocycles. The Labute approximate surface area is 89.5 Å². The number of hydrogen-bond acceptors (Lipinski definition) is 4. The van der Waals surface area contributed by atoms with E-state index in [0.29, 0.717) is 12.5 Å². The van der Waals surface area contributed by atoms with E-state index in [1.807, 2.05) is 0 Å². The average molecular weight is 208 g/mol. The van der Waals surface area contributed by atoms with Crippen molar-refractivity contribution in [1.82, 2.24) is 0 Å². The van der Waals surface area contributed by atoms with Gasteiger partial charge < -0.3 is 0 Å². The maximum absolute atomic E-state index is 10.2. The molecule has 0 aromatic heterocycles. The summed E-state index contributed by atoms with van der Waals surface area (Å²) in [6.45, 7) is 0.522. The normalized spacial score (nSPS) is 26.7. The maximum Gasteiger partial charge on any atom is 0.235 e. The van der Waals surface area contributed by atoms with Crippen molar-refractivity contribution in [3.8, 4) is 0 Å². The van der Waals surface area contributed by atoms with E-state index in [2.05, 4.69) is 9.98 Å². The number of aliphatic imine (C=N–C) groups is 2. The van der Waals surface area contributed by atoms with Crippen LogP contribution >= 0.6 is 0 Å². The highest BCUT2D eigenvalue weighted by molar-refractivity contribution is 5.33. The fourth-order valence-corrected chi connectivity index (χ4v) is 2.13. The van der Waals surface area contributed by atoms with Crippen LogP contribution in [0.1, 0.15) is 38.5 Å². The summed E-state index contributed by atoms with van der Waals surface area (Å²) in [6, 6.07) is 0.0784. The number of hydrogen-bond donors (Lipinski definition) is 0. The van der Waals surface area contributed by atoms with Crippen LogP contribution in [0.5, 0.6) is 0 Å². The Kier molecular flexibility index (Phi) is 5.60. The molecule has 0 saturated heterocycles. The van der Waals surface area contributed by atoms with E-state index in [0.717, 1.165) is 25.7 Å². The van der Waals surface area contributed by atoms with Gasteiger partial charge in [0.2, 0.25) is 12.2 Å². The predicted octanol–water partition coefficient (Wildman–Crippen LogP) is 2.00. The second-order valence-corrected chi connectivity index (χ2v) is 4.05. The van der Waals surface area contributed by atoms with Crippen LogP contribution in [0.2, 0.25) is 0 Å². The van der Waals surface area contributed by atoms with Gasteiger partial charge in [0.15, 0.2) is 0 Å². The van der Waals surface area contributed by atoms with Gasteiger partial charge in [-0.3, -0.25) is 0 Å². The lowest BCUT2D eigenvalue weighted by atomic mass is 9.88. The van der Waals surface area contributed by atoms with Crippen molar-refractivity contribution < 1.29 is 9.59 Å². The second kappa shape index (κ2) is 7.10. The van der Waals surface area contributed by atoms with Gasteiger partial charge in [-0.25, -0.2) is 19.6 Å². The first-order chi connectivity index (χ1) is 7.36. The summed E-state index contributed by atoms with van der Waals surface area (Å²) >= 11 is 0. The zero-order chi connectivity index (χ0) is 10.9. The zero-order valence-electron chi connectivity index (χ0n) is 8.82. The third kappa shape index (κ3) is 4.68. The Morgan fingerprint density at radius 3 is 2.60 bits per heavy atom. The largest absolute Gasteiger partial charge is 0.235 e. The first-order valence-electron chi connectivity index (χ1n) is 5.47. The van der Waals surface area contributed by atoms with Gasteiger partial charge in [0.1, 0.15) is 0 Å². The lowest BCUT2D eigenvalue weighted by Crippen LogP contribution is -2.17. The molecule has 4 nitrogen and oxygen atoms in total. The van der Waals surface area contributed by atoms with Crippen LogP contribution in [-0.4, -0.2) is 24.7 Å². The molecule has 0 aliphatic heterocycles. The topological polar surface area (TPSA) is 58.9 Å². The summed E-state index contributed by atoms with van der Waals surface area (Å²) in [7, 11) is 0. The predicted molar refractivity (Wildman–Crippen MR) is 56.1 cm³/mol. The van der Waals surface area contributed by atoms with Crippen molar-refractivity contribution in [1.29, 1.82) is 0 Å². The molecule has 0 aromatic rings. The average Bonchev–Trinajstić information content (AvgIpc) is 2.20. The Balaban J connectivity index is 2.52. The third-order valence-electron chi connectivity index (χ3n) is 2.90. The van der Waals surface area contributed by atoms with Crippen molar-refractivity contribution in [2.24, 2.45) is 15.9 Å². The molecule has 0 bridgehead atoms. The molecule has 0 N–H and O–H groups in total. The van der Waals surface area contributed by atoms with E-state index in [4.69, 9.17) is 0 Å². The molecule has 1 saturated carbocycles. The van der Waals surface area contributed by atoms with Gasteiger partial charge >= 0.3 is 0 Å². The molecule has 0 amide bonds. The maximum atomic E-state index is 10.2. The Morgan fingerprint density at radius 1 is 1.07 bits per heavy atom.